The first-order valence-electron chi connectivity index (χ1n) is 9.16. The number of amides is 1. The van der Waals surface area contributed by atoms with Crippen LogP contribution in [0, 0.1) is 25.5 Å². The van der Waals surface area contributed by atoms with E-state index >= 15 is 0 Å². The van der Waals surface area contributed by atoms with Crippen LogP contribution in [0.2, 0.25) is 5.15 Å². The van der Waals surface area contributed by atoms with Gasteiger partial charge in [-0.1, -0.05) is 17.7 Å². The van der Waals surface area contributed by atoms with Crippen LogP contribution in [0.3, 0.4) is 0 Å². The molecule has 0 fully saturated rings. The average Bonchev–Trinajstić information content (AvgIpc) is 3.02. The van der Waals surface area contributed by atoms with Crippen molar-refractivity contribution in [2.75, 3.05) is 11.9 Å². The minimum absolute atomic E-state index is 0.229. The van der Waals surface area contributed by atoms with Crippen molar-refractivity contribution < 1.29 is 23.1 Å². The number of aryl methyl sites for hydroxylation is 2. The van der Waals surface area contributed by atoms with Gasteiger partial charge in [-0.3, -0.25) is 4.79 Å². The largest absolute Gasteiger partial charge is 0.452 e. The first-order chi connectivity index (χ1) is 14.7. The number of anilines is 1. The highest BCUT2D eigenvalue weighted by Gasteiger charge is 2.13. The van der Waals surface area contributed by atoms with Crippen molar-refractivity contribution in [3.05, 3.63) is 82.1 Å². The average molecular weight is 446 g/mol. The second kappa shape index (κ2) is 9.53. The molecule has 6 nitrogen and oxygen atoms in total. The van der Waals surface area contributed by atoms with Gasteiger partial charge in [0.05, 0.1) is 11.4 Å². The van der Waals surface area contributed by atoms with Gasteiger partial charge in [-0.15, -0.1) is 0 Å². The highest BCUT2D eigenvalue weighted by atomic mass is 35.5. The Hall–Kier alpha value is -3.52. The zero-order chi connectivity index (χ0) is 22.5. The van der Waals surface area contributed by atoms with Crippen molar-refractivity contribution in [3.8, 4) is 5.69 Å². The van der Waals surface area contributed by atoms with Crippen LogP contribution in [0.5, 0.6) is 0 Å². The third-order valence-corrected chi connectivity index (χ3v) is 4.67. The van der Waals surface area contributed by atoms with Crippen LogP contribution in [0.1, 0.15) is 16.8 Å². The number of esters is 1. The highest BCUT2D eigenvalue weighted by molar-refractivity contribution is 6.31. The Balaban J connectivity index is 1.60. The number of ether oxygens (including phenoxy) is 1. The molecule has 0 atom stereocenters. The maximum absolute atomic E-state index is 13.5. The summed E-state index contributed by atoms with van der Waals surface area (Å²) in [5, 5.41) is 6.96. The molecule has 0 aliphatic carbocycles. The molecule has 31 heavy (non-hydrogen) atoms. The van der Waals surface area contributed by atoms with E-state index < -0.39 is 24.3 Å². The summed E-state index contributed by atoms with van der Waals surface area (Å²) >= 11 is 6.34. The molecule has 2 aromatic carbocycles. The van der Waals surface area contributed by atoms with Gasteiger partial charge < -0.3 is 10.1 Å². The molecule has 1 aromatic heterocycles. The van der Waals surface area contributed by atoms with Gasteiger partial charge in [-0.05, 0) is 61.9 Å². The molecule has 1 N–H and O–H groups in total. The summed E-state index contributed by atoms with van der Waals surface area (Å²) in [6.45, 7) is 2.76. The highest BCUT2D eigenvalue weighted by Crippen LogP contribution is 2.25. The number of carbonyl (C=O) groups excluding carboxylic acids is 2. The van der Waals surface area contributed by atoms with Gasteiger partial charge in [-0.2, -0.15) is 5.10 Å². The molecule has 3 rings (SSSR count). The molecule has 3 aromatic rings. The molecule has 9 heteroatoms. The van der Waals surface area contributed by atoms with Crippen molar-refractivity contribution in [2.45, 2.75) is 13.8 Å². The Morgan fingerprint density at radius 1 is 1.16 bits per heavy atom. The van der Waals surface area contributed by atoms with Gasteiger partial charge in [-0.25, -0.2) is 18.3 Å². The maximum Gasteiger partial charge on any atom is 0.331 e. The first kappa shape index (κ1) is 22.2. The Labute approximate surface area is 182 Å². The van der Waals surface area contributed by atoms with E-state index in [-0.39, 0.29) is 16.7 Å². The predicted octanol–water partition coefficient (Wildman–Crippen LogP) is 4.62. The lowest BCUT2D eigenvalue weighted by Crippen LogP contribution is -2.20. The molecule has 0 radical (unpaired) electrons. The van der Waals surface area contributed by atoms with Crippen molar-refractivity contribution in [2.24, 2.45) is 0 Å². The van der Waals surface area contributed by atoms with Crippen LogP contribution in [0.4, 0.5) is 14.5 Å². The lowest BCUT2D eigenvalue weighted by atomic mass is 10.2. The molecule has 160 valence electrons. The van der Waals surface area contributed by atoms with Gasteiger partial charge in [0, 0.05) is 17.3 Å². The molecule has 0 unspecified atom stereocenters. The molecule has 1 amide bonds. The Kier molecular flexibility index (Phi) is 6.81. The van der Waals surface area contributed by atoms with Crippen LogP contribution in [-0.4, -0.2) is 28.3 Å². The van der Waals surface area contributed by atoms with E-state index in [1.807, 2.05) is 0 Å². The van der Waals surface area contributed by atoms with Crippen molar-refractivity contribution >= 4 is 35.2 Å². The standard InChI is InChI=1S/C22H18ClF2N3O3/c1-13-3-6-16(11-19(13)25)26-20(29)12-31-21(30)10-9-18-14(2)27-28(22(18)23)17-7-4-15(24)5-8-17/h3-11H,12H2,1-2H3,(H,26,29)/b10-9+. The lowest BCUT2D eigenvalue weighted by Gasteiger charge is -2.06. The summed E-state index contributed by atoms with van der Waals surface area (Å²) < 4.78 is 32.9. The van der Waals surface area contributed by atoms with Crippen LogP contribution in [0.25, 0.3) is 11.8 Å². The number of carbonyl (C=O) groups is 2. The van der Waals surface area contributed by atoms with Crippen molar-refractivity contribution in [1.29, 1.82) is 0 Å². The number of nitrogens with one attached hydrogen (secondary N) is 1. The summed E-state index contributed by atoms with van der Waals surface area (Å²) in [6, 6.07) is 9.86. The van der Waals surface area contributed by atoms with E-state index in [0.717, 1.165) is 6.08 Å². The van der Waals surface area contributed by atoms with Gasteiger partial charge in [0.2, 0.25) is 0 Å². The Morgan fingerprint density at radius 3 is 2.55 bits per heavy atom. The van der Waals surface area contributed by atoms with E-state index in [9.17, 15) is 18.4 Å². The van der Waals surface area contributed by atoms with Crippen molar-refractivity contribution in [3.63, 3.8) is 0 Å². The molecule has 0 aliphatic heterocycles. The summed E-state index contributed by atoms with van der Waals surface area (Å²) in [5.74, 6) is -2.21. The molecule has 0 bridgehead atoms. The predicted molar refractivity (Wildman–Crippen MR) is 113 cm³/mol. The van der Waals surface area contributed by atoms with E-state index in [1.165, 1.54) is 47.2 Å². The summed E-state index contributed by atoms with van der Waals surface area (Å²) in [5.41, 5.74) is 2.28. The van der Waals surface area contributed by atoms with Crippen LogP contribution < -0.4 is 5.32 Å². The summed E-state index contributed by atoms with van der Waals surface area (Å²) in [7, 11) is 0. The van der Waals surface area contributed by atoms with Gasteiger partial charge in [0.15, 0.2) is 6.61 Å². The second-order valence-electron chi connectivity index (χ2n) is 6.63. The lowest BCUT2D eigenvalue weighted by molar-refractivity contribution is -0.142. The molecule has 0 saturated heterocycles. The normalized spacial score (nSPS) is 11.0. The number of halogens is 3. The summed E-state index contributed by atoms with van der Waals surface area (Å²) in [4.78, 5) is 23.8. The topological polar surface area (TPSA) is 73.2 Å². The molecule has 0 spiro atoms. The number of rotatable bonds is 6. The number of benzene rings is 2. The maximum atomic E-state index is 13.5. The third-order valence-electron chi connectivity index (χ3n) is 4.31. The van der Waals surface area contributed by atoms with E-state index in [4.69, 9.17) is 16.3 Å². The van der Waals surface area contributed by atoms with Gasteiger partial charge in [0.25, 0.3) is 5.91 Å². The number of hydrogen-bond acceptors (Lipinski definition) is 4. The van der Waals surface area contributed by atoms with Crippen LogP contribution in [0.15, 0.2) is 48.5 Å². The Bertz CT molecular complexity index is 1160. The van der Waals surface area contributed by atoms with Crippen LogP contribution >= 0.6 is 11.6 Å². The smallest absolute Gasteiger partial charge is 0.331 e. The second-order valence-corrected chi connectivity index (χ2v) is 6.99. The molecule has 0 saturated carbocycles. The fraction of sp³-hybridized carbons (Fsp3) is 0.136. The van der Waals surface area contributed by atoms with Crippen LogP contribution in [-0.2, 0) is 14.3 Å². The van der Waals surface area contributed by atoms with Gasteiger partial charge >= 0.3 is 5.97 Å². The monoisotopic (exact) mass is 445 g/mol. The van der Waals surface area contributed by atoms with Gasteiger partial charge in [0.1, 0.15) is 16.8 Å². The fourth-order valence-corrected chi connectivity index (χ4v) is 2.99. The zero-order valence-corrected chi connectivity index (χ0v) is 17.4. The number of aromatic nitrogens is 2. The fourth-order valence-electron chi connectivity index (χ4n) is 2.66. The zero-order valence-electron chi connectivity index (χ0n) is 16.7. The van der Waals surface area contributed by atoms with E-state index in [1.54, 1.807) is 19.9 Å². The molecule has 1 heterocycles. The SMILES string of the molecule is Cc1ccc(NC(=O)COC(=O)/C=C/c2c(C)nn(-c3ccc(F)cc3)c2Cl)cc1F. The van der Waals surface area contributed by atoms with Crippen molar-refractivity contribution in [1.82, 2.24) is 9.78 Å². The molecular formula is C22H18ClF2N3O3. The van der Waals surface area contributed by atoms with E-state index in [2.05, 4.69) is 10.4 Å². The number of nitrogens with zero attached hydrogens (tertiary/aromatic N) is 2. The first-order valence-corrected chi connectivity index (χ1v) is 9.54. The minimum atomic E-state index is -0.768. The molecular weight excluding hydrogens is 428 g/mol. The summed E-state index contributed by atoms with van der Waals surface area (Å²) in [6.07, 6.45) is 2.53. The third kappa shape index (κ3) is 5.55. The minimum Gasteiger partial charge on any atom is -0.452 e. The van der Waals surface area contributed by atoms with E-state index in [0.29, 0.717) is 22.5 Å². The number of hydrogen-bond donors (Lipinski definition) is 1. The Morgan fingerprint density at radius 2 is 1.87 bits per heavy atom. The molecule has 0 aliphatic rings. The quantitative estimate of drug-likeness (QED) is 0.444.